The van der Waals surface area contributed by atoms with E-state index in [1.54, 1.807) is 0 Å². The van der Waals surface area contributed by atoms with Crippen LogP contribution in [0.2, 0.25) is 0 Å². The number of benzene rings is 1. The molecule has 1 saturated heterocycles. The number of nitrogens with one attached hydrogen (secondary N) is 1. The lowest BCUT2D eigenvalue weighted by Crippen LogP contribution is -2.39. The van der Waals surface area contributed by atoms with E-state index in [1.807, 2.05) is 0 Å². The SMILES string of the molecule is CC(C)CN(Cc1ccc(F)cc1C(F)(F)F)C[C@H]1CCNC1.O=C(O)C(O)C(O)C(=O)O. The van der Waals surface area contributed by atoms with E-state index in [1.165, 1.54) is 6.07 Å². The Balaban J connectivity index is 0.000000461. The monoisotopic (exact) mass is 482 g/mol. The highest BCUT2D eigenvalue weighted by molar-refractivity contribution is 5.83. The van der Waals surface area contributed by atoms with Crippen molar-refractivity contribution in [2.75, 3.05) is 26.2 Å². The third kappa shape index (κ3) is 10.0. The third-order valence-electron chi connectivity index (χ3n) is 4.88. The van der Waals surface area contributed by atoms with Gasteiger partial charge in [-0.1, -0.05) is 19.9 Å². The van der Waals surface area contributed by atoms with Crippen molar-refractivity contribution < 1.29 is 47.6 Å². The van der Waals surface area contributed by atoms with Crippen LogP contribution in [0, 0.1) is 17.7 Å². The minimum atomic E-state index is -4.53. The van der Waals surface area contributed by atoms with Gasteiger partial charge in [0.1, 0.15) is 5.82 Å². The van der Waals surface area contributed by atoms with E-state index in [9.17, 15) is 27.2 Å². The Morgan fingerprint density at radius 2 is 1.73 bits per heavy atom. The van der Waals surface area contributed by atoms with Crippen molar-refractivity contribution in [1.29, 1.82) is 0 Å². The lowest BCUT2D eigenvalue weighted by Gasteiger charge is -2.28. The smallest absolute Gasteiger partial charge is 0.416 e. The molecule has 12 heteroatoms. The number of hydrogen-bond donors (Lipinski definition) is 5. The van der Waals surface area contributed by atoms with Crippen molar-refractivity contribution in [3.63, 3.8) is 0 Å². The van der Waals surface area contributed by atoms with E-state index in [0.717, 1.165) is 38.7 Å². The Morgan fingerprint density at radius 1 is 1.15 bits per heavy atom. The molecule has 0 saturated carbocycles. The molecule has 2 unspecified atom stereocenters. The summed E-state index contributed by atoms with van der Waals surface area (Å²) in [6, 6.07) is 2.97. The lowest BCUT2D eigenvalue weighted by molar-refractivity contribution is -0.165. The van der Waals surface area contributed by atoms with Crippen LogP contribution in [-0.4, -0.2) is 75.7 Å². The molecule has 1 fully saturated rings. The van der Waals surface area contributed by atoms with E-state index in [-0.39, 0.29) is 12.1 Å². The Morgan fingerprint density at radius 3 is 2.15 bits per heavy atom. The highest BCUT2D eigenvalue weighted by Crippen LogP contribution is 2.33. The summed E-state index contributed by atoms with van der Waals surface area (Å²) in [5.41, 5.74) is -0.721. The number of halogens is 4. The quantitative estimate of drug-likeness (QED) is 0.337. The second-order valence-electron chi connectivity index (χ2n) is 8.31. The van der Waals surface area contributed by atoms with Gasteiger partial charge in [0, 0.05) is 19.6 Å². The molecule has 1 aliphatic heterocycles. The third-order valence-corrected chi connectivity index (χ3v) is 4.88. The van der Waals surface area contributed by atoms with Crippen LogP contribution in [0.4, 0.5) is 17.6 Å². The second kappa shape index (κ2) is 12.8. The van der Waals surface area contributed by atoms with Gasteiger partial charge in [-0.25, -0.2) is 14.0 Å². The number of aliphatic hydroxyl groups excluding tert-OH is 2. The number of alkyl halides is 3. The van der Waals surface area contributed by atoms with Crippen LogP contribution in [0.3, 0.4) is 0 Å². The van der Waals surface area contributed by atoms with Crippen LogP contribution in [0.15, 0.2) is 18.2 Å². The summed E-state index contributed by atoms with van der Waals surface area (Å²) in [5, 5.41) is 35.8. The van der Waals surface area contributed by atoms with Gasteiger partial charge in [-0.2, -0.15) is 13.2 Å². The summed E-state index contributed by atoms with van der Waals surface area (Å²) in [4.78, 5) is 21.6. The summed E-state index contributed by atoms with van der Waals surface area (Å²) < 4.78 is 52.7. The van der Waals surface area contributed by atoms with Crippen molar-refractivity contribution in [2.24, 2.45) is 11.8 Å². The van der Waals surface area contributed by atoms with Gasteiger partial charge in [-0.15, -0.1) is 0 Å². The van der Waals surface area contributed by atoms with Crippen LogP contribution in [-0.2, 0) is 22.3 Å². The summed E-state index contributed by atoms with van der Waals surface area (Å²) >= 11 is 0. The maximum Gasteiger partial charge on any atom is 0.416 e. The zero-order chi connectivity index (χ0) is 25.3. The van der Waals surface area contributed by atoms with Gasteiger partial charge in [0.05, 0.1) is 5.56 Å². The molecule has 0 aromatic heterocycles. The fraction of sp³-hybridized carbons (Fsp3) is 0.619. The predicted molar refractivity (Wildman–Crippen MR) is 110 cm³/mol. The molecule has 8 nitrogen and oxygen atoms in total. The molecule has 1 aromatic carbocycles. The summed E-state index contributed by atoms with van der Waals surface area (Å²) in [6.45, 7) is 7.66. The van der Waals surface area contributed by atoms with Crippen molar-refractivity contribution in [1.82, 2.24) is 10.2 Å². The van der Waals surface area contributed by atoms with E-state index in [2.05, 4.69) is 24.1 Å². The van der Waals surface area contributed by atoms with Gasteiger partial charge < -0.3 is 25.7 Å². The number of rotatable bonds is 9. The Labute approximate surface area is 188 Å². The molecule has 1 aromatic rings. The number of hydrogen-bond acceptors (Lipinski definition) is 6. The first-order chi connectivity index (χ1) is 15.2. The summed E-state index contributed by atoms with van der Waals surface area (Å²) in [6.07, 6.45) is -8.02. The molecule has 0 radical (unpaired) electrons. The van der Waals surface area contributed by atoms with Crippen LogP contribution in [0.25, 0.3) is 0 Å². The van der Waals surface area contributed by atoms with Crippen LogP contribution in [0.1, 0.15) is 31.4 Å². The average molecular weight is 482 g/mol. The molecular formula is C21H30F4N2O6. The normalized spacial score (nSPS) is 18.1. The molecule has 1 aliphatic rings. The number of aliphatic carboxylic acids is 2. The van der Waals surface area contributed by atoms with Gasteiger partial charge >= 0.3 is 18.1 Å². The van der Waals surface area contributed by atoms with Gasteiger partial charge in [-0.05, 0) is 49.0 Å². The molecule has 33 heavy (non-hydrogen) atoms. The number of carbonyl (C=O) groups is 2. The highest BCUT2D eigenvalue weighted by Gasteiger charge is 2.34. The van der Waals surface area contributed by atoms with Gasteiger partial charge in [0.2, 0.25) is 0 Å². The highest BCUT2D eigenvalue weighted by atomic mass is 19.4. The molecule has 0 amide bonds. The first kappa shape index (κ1) is 28.8. The van der Waals surface area contributed by atoms with Gasteiger partial charge in [-0.3, -0.25) is 4.90 Å². The molecule has 0 bridgehead atoms. The Bertz CT molecular complexity index is 767. The van der Waals surface area contributed by atoms with E-state index < -0.39 is 41.7 Å². The van der Waals surface area contributed by atoms with Crippen LogP contribution >= 0.6 is 0 Å². The van der Waals surface area contributed by atoms with Crippen LogP contribution < -0.4 is 5.32 Å². The first-order valence-corrected chi connectivity index (χ1v) is 10.3. The van der Waals surface area contributed by atoms with Crippen molar-refractivity contribution >= 4 is 11.9 Å². The topological polar surface area (TPSA) is 130 Å². The number of nitrogens with zero attached hydrogens (tertiary/aromatic N) is 1. The Hall–Kier alpha value is -2.28. The molecule has 5 N–H and O–H groups in total. The molecule has 188 valence electrons. The zero-order valence-electron chi connectivity index (χ0n) is 18.3. The van der Waals surface area contributed by atoms with Crippen molar-refractivity contribution in [2.45, 2.75) is 45.2 Å². The predicted octanol–water partition coefficient (Wildman–Crippen LogP) is 1.79. The minimum Gasteiger partial charge on any atom is -0.479 e. The Kier molecular flexibility index (Phi) is 11.2. The van der Waals surface area contributed by atoms with E-state index in [0.29, 0.717) is 17.9 Å². The second-order valence-corrected chi connectivity index (χ2v) is 8.31. The van der Waals surface area contributed by atoms with E-state index >= 15 is 0 Å². The molecule has 3 atom stereocenters. The number of carboxylic acids is 2. The summed E-state index contributed by atoms with van der Waals surface area (Å²) in [5.74, 6) is -3.57. The minimum absolute atomic E-state index is 0.144. The molecular weight excluding hydrogens is 452 g/mol. The standard InChI is InChI=1S/C17H24F4N2.C4H6O6/c1-12(2)9-23(10-13-5-6-22-8-13)11-14-3-4-15(18)7-16(14)17(19,20)21;5-1(3(7)8)2(6)4(9)10/h3-4,7,12-13,22H,5-6,8-11H2,1-2H3;1-2,5-6H,(H,7,8)(H,9,10)/t13-;/m0./s1. The maximum absolute atomic E-state index is 13.2. The molecule has 2 rings (SSSR count). The largest absolute Gasteiger partial charge is 0.479 e. The summed E-state index contributed by atoms with van der Waals surface area (Å²) in [7, 11) is 0. The maximum atomic E-state index is 13.2. The molecule has 1 heterocycles. The zero-order valence-corrected chi connectivity index (χ0v) is 18.3. The molecule has 0 spiro atoms. The van der Waals surface area contributed by atoms with Crippen LogP contribution in [0.5, 0.6) is 0 Å². The fourth-order valence-corrected chi connectivity index (χ4v) is 3.42. The molecule has 0 aliphatic carbocycles. The fourth-order valence-electron chi connectivity index (χ4n) is 3.42. The first-order valence-electron chi connectivity index (χ1n) is 10.3. The van der Waals surface area contributed by atoms with Crippen molar-refractivity contribution in [3.8, 4) is 0 Å². The van der Waals surface area contributed by atoms with Crippen molar-refractivity contribution in [3.05, 3.63) is 35.1 Å². The van der Waals surface area contributed by atoms with Gasteiger partial charge in [0.25, 0.3) is 0 Å². The number of carboxylic acid groups (broad SMARTS) is 2. The lowest BCUT2D eigenvalue weighted by atomic mass is 10.0. The van der Waals surface area contributed by atoms with Gasteiger partial charge in [0.15, 0.2) is 12.2 Å². The number of aliphatic hydroxyl groups is 2. The average Bonchev–Trinajstić information content (AvgIpc) is 3.20. The van der Waals surface area contributed by atoms with E-state index in [4.69, 9.17) is 20.4 Å².